The number of hydrogen-bond donors (Lipinski definition) is 1. The average Bonchev–Trinajstić information content (AvgIpc) is 2.67. The largest absolute Gasteiger partial charge is 0.481 e. The monoisotopic (exact) mass is 354 g/mol. The number of nitrogens with one attached hydrogen (secondary N) is 1. The number of hydrogen-bond acceptors (Lipinski definition) is 4. The number of fused-ring (bicyclic) bond motifs is 1. The van der Waals surface area contributed by atoms with Crippen LogP contribution in [-0.2, 0) is 9.59 Å². The summed E-state index contributed by atoms with van der Waals surface area (Å²) in [6, 6.07) is 14.7. The van der Waals surface area contributed by atoms with E-state index in [1.54, 1.807) is 37.1 Å². The van der Waals surface area contributed by atoms with Crippen LogP contribution in [0.5, 0.6) is 11.5 Å². The summed E-state index contributed by atoms with van der Waals surface area (Å²) in [4.78, 5) is 26.6. The number of ether oxygens (including phenoxy) is 2. The van der Waals surface area contributed by atoms with Crippen molar-refractivity contribution in [3.63, 3.8) is 0 Å². The van der Waals surface area contributed by atoms with Gasteiger partial charge in [-0.3, -0.25) is 9.59 Å². The van der Waals surface area contributed by atoms with Crippen molar-refractivity contribution in [1.82, 2.24) is 5.32 Å². The van der Waals surface area contributed by atoms with Crippen LogP contribution in [0, 0.1) is 6.92 Å². The Hall–Kier alpha value is -3.02. The molecule has 1 heterocycles. The van der Waals surface area contributed by atoms with Gasteiger partial charge in [-0.25, -0.2) is 0 Å². The van der Waals surface area contributed by atoms with Crippen molar-refractivity contribution in [1.29, 1.82) is 0 Å². The lowest BCUT2D eigenvalue weighted by Gasteiger charge is -2.35. The van der Waals surface area contributed by atoms with E-state index < -0.39 is 12.2 Å². The van der Waals surface area contributed by atoms with Crippen LogP contribution < -0.4 is 19.7 Å². The van der Waals surface area contributed by atoms with Gasteiger partial charge in [-0.2, -0.15) is 0 Å². The Kier molecular flexibility index (Phi) is 5.11. The summed E-state index contributed by atoms with van der Waals surface area (Å²) in [6.07, 6.45) is -1.46. The number of anilines is 1. The molecule has 0 aromatic heterocycles. The predicted molar refractivity (Wildman–Crippen MR) is 98.5 cm³/mol. The molecule has 2 aromatic carbocycles. The molecule has 0 saturated heterocycles. The predicted octanol–water partition coefficient (Wildman–Crippen LogP) is 2.30. The van der Waals surface area contributed by atoms with Gasteiger partial charge in [-0.15, -0.1) is 0 Å². The normalized spacial score (nSPS) is 16.9. The first-order valence-corrected chi connectivity index (χ1v) is 8.51. The Morgan fingerprint density at radius 3 is 2.58 bits per heavy atom. The van der Waals surface area contributed by atoms with Crippen LogP contribution in [0.15, 0.2) is 48.5 Å². The number of carbonyl (C=O) groups is 2. The molecule has 6 heteroatoms. The Morgan fingerprint density at radius 1 is 1.19 bits per heavy atom. The van der Waals surface area contributed by atoms with Gasteiger partial charge in [0.15, 0.2) is 12.2 Å². The Bertz CT molecular complexity index is 804. The van der Waals surface area contributed by atoms with Gasteiger partial charge in [0.05, 0.1) is 12.2 Å². The third kappa shape index (κ3) is 3.64. The minimum Gasteiger partial charge on any atom is -0.481 e. The van der Waals surface area contributed by atoms with Gasteiger partial charge in [0.2, 0.25) is 0 Å². The fourth-order valence-corrected chi connectivity index (χ4v) is 2.83. The second kappa shape index (κ2) is 7.47. The van der Waals surface area contributed by atoms with Crippen LogP contribution in [0.25, 0.3) is 0 Å². The van der Waals surface area contributed by atoms with Crippen molar-refractivity contribution in [2.24, 2.45) is 0 Å². The molecule has 0 radical (unpaired) electrons. The molecule has 0 fully saturated rings. The van der Waals surface area contributed by atoms with Gasteiger partial charge >= 0.3 is 0 Å². The quantitative estimate of drug-likeness (QED) is 0.915. The summed E-state index contributed by atoms with van der Waals surface area (Å²) in [5.41, 5.74) is 1.75. The molecule has 136 valence electrons. The summed E-state index contributed by atoms with van der Waals surface area (Å²) in [7, 11) is 1.54. The SMILES string of the molecule is CNC(=O)[C@@H]1CN(C(=O)[C@@H](C)Oc2ccc(C)cc2)c2ccccc2O1. The van der Waals surface area contributed by atoms with Crippen molar-refractivity contribution in [3.05, 3.63) is 54.1 Å². The van der Waals surface area contributed by atoms with Crippen LogP contribution >= 0.6 is 0 Å². The molecule has 0 spiro atoms. The van der Waals surface area contributed by atoms with Crippen molar-refractivity contribution in [2.45, 2.75) is 26.1 Å². The molecule has 2 aromatic rings. The summed E-state index contributed by atoms with van der Waals surface area (Å²) in [5.74, 6) is 0.628. The highest BCUT2D eigenvalue weighted by atomic mass is 16.5. The lowest BCUT2D eigenvalue weighted by Crippen LogP contribution is -2.52. The number of rotatable bonds is 4. The molecule has 0 saturated carbocycles. The summed E-state index contributed by atoms with van der Waals surface area (Å²) < 4.78 is 11.5. The standard InChI is InChI=1S/C20H22N2O4/c1-13-8-10-15(11-9-13)25-14(2)20(24)22-12-18(19(23)21-3)26-17-7-5-4-6-16(17)22/h4-11,14,18H,12H2,1-3H3,(H,21,23)/t14-,18+/m1/s1. The Balaban J connectivity index is 1.82. The topological polar surface area (TPSA) is 67.9 Å². The first kappa shape index (κ1) is 17.8. The van der Waals surface area contributed by atoms with Crippen LogP contribution in [0.4, 0.5) is 5.69 Å². The second-order valence-corrected chi connectivity index (χ2v) is 6.21. The Labute approximate surface area is 152 Å². The van der Waals surface area contributed by atoms with Crippen molar-refractivity contribution in [2.75, 3.05) is 18.5 Å². The van der Waals surface area contributed by atoms with Crippen molar-refractivity contribution < 1.29 is 19.1 Å². The maximum atomic E-state index is 13.0. The first-order chi connectivity index (χ1) is 12.5. The van der Waals surface area contributed by atoms with Crippen molar-refractivity contribution >= 4 is 17.5 Å². The van der Waals surface area contributed by atoms with Gasteiger partial charge in [-0.1, -0.05) is 29.8 Å². The van der Waals surface area contributed by atoms with Gasteiger partial charge < -0.3 is 19.7 Å². The highest BCUT2D eigenvalue weighted by molar-refractivity contribution is 5.99. The number of amides is 2. The van der Waals surface area contributed by atoms with Crippen LogP contribution in [0.2, 0.25) is 0 Å². The van der Waals surface area contributed by atoms with Crippen molar-refractivity contribution in [3.8, 4) is 11.5 Å². The van der Waals surface area contributed by atoms with Gasteiger partial charge in [0.25, 0.3) is 11.8 Å². The van der Waals surface area contributed by atoms with Gasteiger partial charge in [0.1, 0.15) is 11.5 Å². The first-order valence-electron chi connectivity index (χ1n) is 8.51. The molecule has 2 atom stereocenters. The number of aryl methyl sites for hydroxylation is 1. The molecule has 0 aliphatic carbocycles. The summed E-state index contributed by atoms with van der Waals surface area (Å²) >= 11 is 0. The maximum absolute atomic E-state index is 13.0. The molecular weight excluding hydrogens is 332 g/mol. The molecule has 0 bridgehead atoms. The summed E-state index contributed by atoms with van der Waals surface area (Å²) in [6.45, 7) is 3.83. The Morgan fingerprint density at radius 2 is 1.88 bits per heavy atom. The minimum absolute atomic E-state index is 0.136. The van der Waals surface area contributed by atoms with E-state index >= 15 is 0 Å². The second-order valence-electron chi connectivity index (χ2n) is 6.21. The molecule has 26 heavy (non-hydrogen) atoms. The average molecular weight is 354 g/mol. The number of benzene rings is 2. The van der Waals surface area contributed by atoms with Crippen LogP contribution in [0.1, 0.15) is 12.5 Å². The lowest BCUT2D eigenvalue weighted by molar-refractivity contribution is -0.129. The third-order valence-corrected chi connectivity index (χ3v) is 4.26. The molecule has 2 amide bonds. The molecule has 6 nitrogen and oxygen atoms in total. The third-order valence-electron chi connectivity index (χ3n) is 4.26. The highest BCUT2D eigenvalue weighted by Gasteiger charge is 2.35. The van der Waals surface area contributed by atoms with Gasteiger partial charge in [0, 0.05) is 7.05 Å². The van der Waals surface area contributed by atoms with E-state index in [2.05, 4.69) is 5.32 Å². The fourth-order valence-electron chi connectivity index (χ4n) is 2.83. The molecule has 1 aliphatic heterocycles. The van der Waals surface area contributed by atoms with Gasteiger partial charge in [-0.05, 0) is 38.1 Å². The zero-order valence-electron chi connectivity index (χ0n) is 15.1. The van der Waals surface area contributed by atoms with E-state index in [1.807, 2.05) is 37.3 Å². The minimum atomic E-state index is -0.759. The number of likely N-dealkylation sites (N-methyl/N-ethyl adjacent to an activating group) is 1. The number of carbonyl (C=O) groups excluding carboxylic acids is 2. The smallest absolute Gasteiger partial charge is 0.268 e. The van der Waals surface area contributed by atoms with E-state index in [0.717, 1.165) is 5.56 Å². The molecular formula is C20H22N2O4. The highest BCUT2D eigenvalue weighted by Crippen LogP contribution is 2.33. The molecule has 1 aliphatic rings. The molecule has 0 unspecified atom stereocenters. The van der Waals surface area contributed by atoms with E-state index in [1.165, 1.54) is 0 Å². The maximum Gasteiger partial charge on any atom is 0.268 e. The number of nitrogens with zero attached hydrogens (tertiary/aromatic N) is 1. The zero-order chi connectivity index (χ0) is 18.7. The molecule has 3 rings (SSSR count). The van der Waals surface area contributed by atoms with E-state index in [0.29, 0.717) is 17.2 Å². The van der Waals surface area contributed by atoms with E-state index in [-0.39, 0.29) is 18.4 Å². The summed E-state index contributed by atoms with van der Waals surface area (Å²) in [5, 5.41) is 2.57. The lowest BCUT2D eigenvalue weighted by atomic mass is 10.1. The molecule has 1 N–H and O–H groups in total. The van der Waals surface area contributed by atoms with Crippen LogP contribution in [0.3, 0.4) is 0 Å². The van der Waals surface area contributed by atoms with Crippen LogP contribution in [-0.4, -0.2) is 37.6 Å². The zero-order valence-corrected chi connectivity index (χ0v) is 15.1. The number of para-hydroxylation sites is 2. The van der Waals surface area contributed by atoms with E-state index in [9.17, 15) is 9.59 Å². The fraction of sp³-hybridized carbons (Fsp3) is 0.300. The van der Waals surface area contributed by atoms with E-state index in [4.69, 9.17) is 9.47 Å².